The molecule has 0 amide bonds. The number of carbonyl (C=O) groups excluding carboxylic acids is 1. The molecule has 0 aliphatic rings. The molecule has 1 aromatic carbocycles. The van der Waals surface area contributed by atoms with Crippen molar-refractivity contribution in [1.82, 2.24) is 10.0 Å². The quantitative estimate of drug-likeness (QED) is 0.450. The fourth-order valence-corrected chi connectivity index (χ4v) is 2.65. The number of esters is 1. The average Bonchev–Trinajstić information content (AvgIpc) is 2.45. The van der Waals surface area contributed by atoms with Gasteiger partial charge in [-0.05, 0) is 25.1 Å². The molecule has 1 aromatic rings. The molecule has 1 atom stereocenters. The summed E-state index contributed by atoms with van der Waals surface area (Å²) in [7, 11) is -2.45. The first-order chi connectivity index (χ1) is 9.86. The Morgan fingerprint density at radius 1 is 1.38 bits per heavy atom. The van der Waals surface area contributed by atoms with Gasteiger partial charge in [-0.2, -0.15) is 0 Å². The number of rotatable bonds is 8. The highest BCUT2D eigenvalue weighted by molar-refractivity contribution is 7.89. The van der Waals surface area contributed by atoms with Crippen LogP contribution in [-0.2, 0) is 14.8 Å². The second-order valence-electron chi connectivity index (χ2n) is 4.47. The zero-order chi connectivity index (χ0) is 15.9. The molecule has 0 saturated carbocycles. The van der Waals surface area contributed by atoms with E-state index < -0.39 is 22.1 Å². The van der Waals surface area contributed by atoms with Crippen molar-refractivity contribution in [2.75, 3.05) is 26.7 Å². The summed E-state index contributed by atoms with van der Waals surface area (Å²) in [6, 6.07) is 5.62. The van der Waals surface area contributed by atoms with Gasteiger partial charge in [0.25, 0.3) is 0 Å². The van der Waals surface area contributed by atoms with Crippen molar-refractivity contribution in [2.24, 2.45) is 0 Å². The van der Waals surface area contributed by atoms with E-state index in [4.69, 9.17) is 5.11 Å². The zero-order valence-corrected chi connectivity index (χ0v) is 12.8. The van der Waals surface area contributed by atoms with Crippen LogP contribution in [0.3, 0.4) is 0 Å². The Kier molecular flexibility index (Phi) is 6.76. The SMILES string of the molecule is COC(=O)c1cccc(S(=O)(=O)NCCNCC(C)O)c1. The molecule has 0 aliphatic carbocycles. The largest absolute Gasteiger partial charge is 0.465 e. The van der Waals surface area contributed by atoms with Gasteiger partial charge in [-0.3, -0.25) is 0 Å². The van der Waals surface area contributed by atoms with Crippen LogP contribution in [0.5, 0.6) is 0 Å². The van der Waals surface area contributed by atoms with Crippen LogP contribution in [0.4, 0.5) is 0 Å². The maximum Gasteiger partial charge on any atom is 0.337 e. The van der Waals surface area contributed by atoms with Crippen LogP contribution < -0.4 is 10.0 Å². The van der Waals surface area contributed by atoms with Crippen molar-refractivity contribution in [2.45, 2.75) is 17.9 Å². The van der Waals surface area contributed by atoms with Crippen LogP contribution in [0, 0.1) is 0 Å². The normalized spacial score (nSPS) is 12.9. The molecule has 0 heterocycles. The maximum atomic E-state index is 12.1. The predicted molar refractivity (Wildman–Crippen MR) is 77.5 cm³/mol. The Morgan fingerprint density at radius 2 is 2.10 bits per heavy atom. The lowest BCUT2D eigenvalue weighted by Crippen LogP contribution is -2.34. The van der Waals surface area contributed by atoms with E-state index in [1.54, 1.807) is 6.92 Å². The average molecular weight is 316 g/mol. The molecule has 0 radical (unpaired) electrons. The van der Waals surface area contributed by atoms with Gasteiger partial charge in [0.1, 0.15) is 0 Å². The van der Waals surface area contributed by atoms with Gasteiger partial charge in [-0.1, -0.05) is 6.07 Å². The number of methoxy groups -OCH3 is 1. The number of hydrogen-bond donors (Lipinski definition) is 3. The summed E-state index contributed by atoms with van der Waals surface area (Å²) in [5.74, 6) is -0.592. The standard InChI is InChI=1S/C13H20N2O5S/c1-10(16)9-14-6-7-15-21(18,19)12-5-3-4-11(8-12)13(17)20-2/h3-5,8,10,14-16H,6-7,9H2,1-2H3. The molecule has 0 spiro atoms. The lowest BCUT2D eigenvalue weighted by Gasteiger charge is -2.09. The Labute approximate surface area is 124 Å². The van der Waals surface area contributed by atoms with Crippen molar-refractivity contribution in [3.8, 4) is 0 Å². The van der Waals surface area contributed by atoms with Crippen molar-refractivity contribution in [3.63, 3.8) is 0 Å². The number of aliphatic hydroxyl groups excluding tert-OH is 1. The van der Waals surface area contributed by atoms with Gasteiger partial charge >= 0.3 is 5.97 Å². The Hall–Kier alpha value is -1.48. The maximum absolute atomic E-state index is 12.1. The fourth-order valence-electron chi connectivity index (χ4n) is 1.58. The summed E-state index contributed by atoms with van der Waals surface area (Å²) in [4.78, 5) is 11.4. The molecule has 0 aromatic heterocycles. The molecule has 1 rings (SSSR count). The lowest BCUT2D eigenvalue weighted by atomic mass is 10.2. The molecule has 0 bridgehead atoms. The summed E-state index contributed by atoms with van der Waals surface area (Å²) < 4.78 is 31.1. The topological polar surface area (TPSA) is 105 Å². The van der Waals surface area contributed by atoms with E-state index in [0.29, 0.717) is 13.1 Å². The minimum Gasteiger partial charge on any atom is -0.465 e. The van der Waals surface area contributed by atoms with E-state index >= 15 is 0 Å². The van der Waals surface area contributed by atoms with Crippen LogP contribution in [0.1, 0.15) is 17.3 Å². The monoisotopic (exact) mass is 316 g/mol. The predicted octanol–water partition coefficient (Wildman–Crippen LogP) is -0.278. The third kappa shape index (κ3) is 5.80. The molecule has 21 heavy (non-hydrogen) atoms. The van der Waals surface area contributed by atoms with Crippen LogP contribution in [0.15, 0.2) is 29.2 Å². The van der Waals surface area contributed by atoms with Gasteiger partial charge < -0.3 is 15.2 Å². The highest BCUT2D eigenvalue weighted by Gasteiger charge is 2.15. The smallest absolute Gasteiger partial charge is 0.337 e. The van der Waals surface area contributed by atoms with Crippen molar-refractivity contribution in [1.29, 1.82) is 0 Å². The van der Waals surface area contributed by atoms with Gasteiger partial charge in [0.15, 0.2) is 0 Å². The fraction of sp³-hybridized carbons (Fsp3) is 0.462. The van der Waals surface area contributed by atoms with Gasteiger partial charge in [0.2, 0.25) is 10.0 Å². The highest BCUT2D eigenvalue weighted by Crippen LogP contribution is 2.12. The van der Waals surface area contributed by atoms with E-state index in [1.807, 2.05) is 0 Å². The number of ether oxygens (including phenoxy) is 1. The van der Waals surface area contributed by atoms with Crippen LogP contribution in [0.25, 0.3) is 0 Å². The molecular formula is C13H20N2O5S. The Morgan fingerprint density at radius 3 is 2.71 bits per heavy atom. The molecule has 3 N–H and O–H groups in total. The van der Waals surface area contributed by atoms with Gasteiger partial charge in [0.05, 0.1) is 23.7 Å². The van der Waals surface area contributed by atoms with Gasteiger partial charge in [-0.25, -0.2) is 17.9 Å². The molecule has 0 aliphatic heterocycles. The van der Waals surface area contributed by atoms with E-state index in [-0.39, 0.29) is 17.0 Å². The number of sulfonamides is 1. The molecule has 0 fully saturated rings. The second-order valence-corrected chi connectivity index (χ2v) is 6.24. The summed E-state index contributed by atoms with van der Waals surface area (Å²) >= 11 is 0. The number of hydrogen-bond acceptors (Lipinski definition) is 6. The van der Waals surface area contributed by atoms with Crippen molar-refractivity contribution >= 4 is 16.0 Å². The van der Waals surface area contributed by atoms with Crippen molar-refractivity contribution in [3.05, 3.63) is 29.8 Å². The molecule has 0 saturated heterocycles. The summed E-state index contributed by atoms with van der Waals surface area (Å²) in [6.07, 6.45) is -0.488. The minimum absolute atomic E-state index is 0.000858. The van der Waals surface area contributed by atoms with E-state index in [2.05, 4.69) is 14.8 Å². The first-order valence-electron chi connectivity index (χ1n) is 6.43. The third-order valence-electron chi connectivity index (χ3n) is 2.60. The minimum atomic E-state index is -3.69. The van der Waals surface area contributed by atoms with E-state index in [1.165, 1.54) is 31.4 Å². The van der Waals surface area contributed by atoms with Crippen LogP contribution >= 0.6 is 0 Å². The highest BCUT2D eigenvalue weighted by atomic mass is 32.2. The van der Waals surface area contributed by atoms with Gasteiger partial charge in [-0.15, -0.1) is 0 Å². The Balaban J connectivity index is 2.64. The molecule has 8 heteroatoms. The first kappa shape index (κ1) is 17.6. The number of benzene rings is 1. The number of carbonyl (C=O) groups is 1. The van der Waals surface area contributed by atoms with Crippen LogP contribution in [0.2, 0.25) is 0 Å². The summed E-state index contributed by atoms with van der Waals surface area (Å²) in [5.41, 5.74) is 0.174. The lowest BCUT2D eigenvalue weighted by molar-refractivity contribution is 0.0600. The molecule has 7 nitrogen and oxygen atoms in total. The van der Waals surface area contributed by atoms with Crippen molar-refractivity contribution < 1.29 is 23.1 Å². The molecular weight excluding hydrogens is 296 g/mol. The van der Waals surface area contributed by atoms with Gasteiger partial charge in [0, 0.05) is 19.6 Å². The number of aliphatic hydroxyl groups is 1. The molecule has 1 unspecified atom stereocenters. The van der Waals surface area contributed by atoms with Crippen LogP contribution in [-0.4, -0.2) is 52.3 Å². The summed E-state index contributed by atoms with van der Waals surface area (Å²) in [6.45, 7) is 2.59. The van der Waals surface area contributed by atoms with E-state index in [9.17, 15) is 13.2 Å². The molecule has 118 valence electrons. The Bertz CT molecular complexity index is 572. The third-order valence-corrected chi connectivity index (χ3v) is 4.06. The zero-order valence-electron chi connectivity index (χ0n) is 12.0. The van der Waals surface area contributed by atoms with E-state index in [0.717, 1.165) is 0 Å². The first-order valence-corrected chi connectivity index (χ1v) is 7.92. The second kappa shape index (κ2) is 8.08. The number of nitrogens with one attached hydrogen (secondary N) is 2. The summed E-state index contributed by atoms with van der Waals surface area (Å²) in [5, 5.41) is 11.9.